The van der Waals surface area contributed by atoms with Gasteiger partial charge >= 0.3 is 5.97 Å². The molecule has 3 aromatic rings. The minimum Gasteiger partial charge on any atom is -0.478 e. The molecule has 0 saturated heterocycles. The number of carbonyl (C=O) groups is 1. The van der Waals surface area contributed by atoms with Crippen LogP contribution in [0.5, 0.6) is 0 Å². The molecule has 0 aliphatic heterocycles. The van der Waals surface area contributed by atoms with Crippen LogP contribution in [-0.4, -0.2) is 20.6 Å². The van der Waals surface area contributed by atoms with E-state index < -0.39 is 5.97 Å². The maximum Gasteiger partial charge on any atom is 0.337 e. The van der Waals surface area contributed by atoms with Crippen molar-refractivity contribution in [1.29, 1.82) is 0 Å². The van der Waals surface area contributed by atoms with Crippen molar-refractivity contribution in [3.05, 3.63) is 65.1 Å². The van der Waals surface area contributed by atoms with Crippen LogP contribution >= 0.6 is 0 Å². The summed E-state index contributed by atoms with van der Waals surface area (Å²) in [6.45, 7) is 3.30. The van der Waals surface area contributed by atoms with E-state index in [4.69, 9.17) is 0 Å². The highest BCUT2D eigenvalue weighted by Gasteiger charge is 2.25. The van der Waals surface area contributed by atoms with Crippen molar-refractivity contribution in [1.82, 2.24) is 9.55 Å². The number of hydrogen-bond acceptors (Lipinski definition) is 2. The normalized spacial score (nSPS) is 13.8. The Bertz CT molecular complexity index is 1000. The zero-order valence-electron chi connectivity index (χ0n) is 17.2. The minimum atomic E-state index is -0.884. The Morgan fingerprint density at radius 1 is 1.14 bits per heavy atom. The van der Waals surface area contributed by atoms with Gasteiger partial charge in [-0.3, -0.25) is 4.98 Å². The van der Waals surface area contributed by atoms with Crippen molar-refractivity contribution in [3.8, 4) is 0 Å². The summed E-state index contributed by atoms with van der Waals surface area (Å²) in [5.41, 5.74) is 4.42. The third kappa shape index (κ3) is 4.69. The predicted octanol–water partition coefficient (Wildman–Crippen LogP) is 6.17. The molecule has 1 aromatic carbocycles. The van der Waals surface area contributed by atoms with E-state index in [0.29, 0.717) is 23.6 Å². The van der Waals surface area contributed by atoms with Crippen molar-refractivity contribution in [2.24, 2.45) is 0 Å². The number of rotatable bonds is 10. The smallest absolute Gasteiger partial charge is 0.337 e. The summed E-state index contributed by atoms with van der Waals surface area (Å²) >= 11 is 0. The predicted molar refractivity (Wildman–Crippen MR) is 117 cm³/mol. The second-order valence-electron chi connectivity index (χ2n) is 8.34. The minimum absolute atomic E-state index is 0.346. The van der Waals surface area contributed by atoms with Crippen LogP contribution in [0.2, 0.25) is 0 Å². The van der Waals surface area contributed by atoms with E-state index in [-0.39, 0.29) is 0 Å². The summed E-state index contributed by atoms with van der Waals surface area (Å²) in [5, 5.41) is 10.8. The number of unbranched alkanes of at least 4 members (excludes halogenated alkanes) is 4. The number of benzene rings is 1. The molecule has 0 spiro atoms. The number of carboxylic acid groups (broad SMARTS) is 1. The van der Waals surface area contributed by atoms with Gasteiger partial charge in [0.2, 0.25) is 0 Å². The van der Waals surface area contributed by atoms with E-state index >= 15 is 0 Å². The van der Waals surface area contributed by atoms with E-state index in [0.717, 1.165) is 30.5 Å². The molecule has 0 amide bonds. The van der Waals surface area contributed by atoms with Gasteiger partial charge in [-0.15, -0.1) is 0 Å². The Morgan fingerprint density at radius 3 is 2.72 bits per heavy atom. The molecule has 2 aromatic heterocycles. The number of aromatic nitrogens is 2. The second-order valence-corrected chi connectivity index (χ2v) is 8.34. The lowest BCUT2D eigenvalue weighted by Crippen LogP contribution is -2.07. The van der Waals surface area contributed by atoms with E-state index in [9.17, 15) is 9.90 Å². The molecule has 1 fully saturated rings. The average molecular weight is 391 g/mol. The van der Waals surface area contributed by atoms with Crippen molar-refractivity contribution in [2.75, 3.05) is 0 Å². The van der Waals surface area contributed by atoms with E-state index in [1.165, 1.54) is 43.0 Å². The van der Waals surface area contributed by atoms with Gasteiger partial charge in [0.15, 0.2) is 0 Å². The maximum absolute atomic E-state index is 11.7. The molecule has 0 unspecified atom stereocenters. The topological polar surface area (TPSA) is 55.1 Å². The molecule has 2 heterocycles. The van der Waals surface area contributed by atoms with Gasteiger partial charge in [0.05, 0.1) is 11.3 Å². The highest BCUT2D eigenvalue weighted by molar-refractivity contribution is 5.89. The SMILES string of the molecule is CCCCCCCn1ccc2cc(Cc3ncc(C4CC4)cc3C(=O)O)ccc21. The van der Waals surface area contributed by atoms with Crippen LogP contribution in [-0.2, 0) is 13.0 Å². The first-order chi connectivity index (χ1) is 14.2. The summed E-state index contributed by atoms with van der Waals surface area (Å²) in [6.07, 6.45) is 13.3. The molecule has 0 atom stereocenters. The molecule has 1 aliphatic carbocycles. The number of pyridine rings is 1. The molecule has 0 bridgehead atoms. The fourth-order valence-corrected chi connectivity index (χ4v) is 4.11. The van der Waals surface area contributed by atoms with Gasteiger partial charge in [-0.1, -0.05) is 38.7 Å². The van der Waals surface area contributed by atoms with Crippen LogP contribution in [0.4, 0.5) is 0 Å². The summed E-state index contributed by atoms with van der Waals surface area (Å²) in [4.78, 5) is 16.3. The number of nitrogens with zero attached hydrogens (tertiary/aromatic N) is 2. The molecule has 152 valence electrons. The Labute approximate surface area is 172 Å². The van der Waals surface area contributed by atoms with Gasteiger partial charge in [0, 0.05) is 30.9 Å². The van der Waals surface area contributed by atoms with Crippen molar-refractivity contribution < 1.29 is 9.90 Å². The fraction of sp³-hybridized carbons (Fsp3) is 0.440. The third-order valence-electron chi connectivity index (χ3n) is 5.98. The zero-order valence-corrected chi connectivity index (χ0v) is 17.2. The monoisotopic (exact) mass is 390 g/mol. The molecular formula is C25H30N2O2. The Kier molecular flexibility index (Phi) is 5.98. The first-order valence-electron chi connectivity index (χ1n) is 11.0. The molecule has 0 radical (unpaired) electrons. The standard InChI is InChI=1S/C25H30N2O2/c1-2-3-4-5-6-12-27-13-11-20-14-18(7-10-24(20)27)15-23-22(25(28)29)16-21(17-26-23)19-8-9-19/h7,10-11,13-14,16-17,19H,2-6,8-9,12,15H2,1H3,(H,28,29). The van der Waals surface area contributed by atoms with E-state index in [2.05, 4.69) is 46.9 Å². The van der Waals surface area contributed by atoms with Gasteiger partial charge in [-0.2, -0.15) is 0 Å². The molecule has 4 nitrogen and oxygen atoms in total. The third-order valence-corrected chi connectivity index (χ3v) is 5.98. The summed E-state index contributed by atoms with van der Waals surface area (Å²) in [5.74, 6) is -0.377. The van der Waals surface area contributed by atoms with Gasteiger partial charge in [-0.05, 0) is 66.0 Å². The first kappa shape index (κ1) is 19.7. The lowest BCUT2D eigenvalue weighted by molar-refractivity contribution is 0.0695. The molecule has 29 heavy (non-hydrogen) atoms. The first-order valence-corrected chi connectivity index (χ1v) is 11.0. The highest BCUT2D eigenvalue weighted by Crippen LogP contribution is 2.40. The van der Waals surface area contributed by atoms with Crippen molar-refractivity contribution >= 4 is 16.9 Å². The zero-order chi connectivity index (χ0) is 20.2. The van der Waals surface area contributed by atoms with Gasteiger partial charge in [0.25, 0.3) is 0 Å². The lowest BCUT2D eigenvalue weighted by atomic mass is 10.0. The van der Waals surface area contributed by atoms with Gasteiger partial charge < -0.3 is 9.67 Å². The largest absolute Gasteiger partial charge is 0.478 e. The van der Waals surface area contributed by atoms with Gasteiger partial charge in [0.1, 0.15) is 0 Å². The average Bonchev–Trinajstić information content (AvgIpc) is 3.49. The maximum atomic E-state index is 11.7. The second kappa shape index (κ2) is 8.81. The molecule has 4 heteroatoms. The summed E-state index contributed by atoms with van der Waals surface area (Å²) in [7, 11) is 0. The van der Waals surface area contributed by atoms with Crippen LogP contribution in [0.25, 0.3) is 10.9 Å². The highest BCUT2D eigenvalue weighted by atomic mass is 16.4. The van der Waals surface area contributed by atoms with Crippen molar-refractivity contribution in [2.45, 2.75) is 70.8 Å². The van der Waals surface area contributed by atoms with Crippen LogP contribution in [0, 0.1) is 0 Å². The number of fused-ring (bicyclic) bond motifs is 1. The fourth-order valence-electron chi connectivity index (χ4n) is 4.11. The number of hydrogen-bond donors (Lipinski definition) is 1. The Morgan fingerprint density at radius 2 is 1.97 bits per heavy atom. The number of aromatic carboxylic acids is 1. The van der Waals surface area contributed by atoms with E-state index in [1.54, 1.807) is 0 Å². The summed E-state index contributed by atoms with van der Waals surface area (Å²) in [6, 6.07) is 10.4. The lowest BCUT2D eigenvalue weighted by Gasteiger charge is -2.09. The van der Waals surface area contributed by atoms with Crippen LogP contribution in [0.15, 0.2) is 42.7 Å². The van der Waals surface area contributed by atoms with E-state index in [1.807, 2.05) is 12.3 Å². The molecule has 1 saturated carbocycles. The number of carboxylic acids is 1. The van der Waals surface area contributed by atoms with Gasteiger partial charge in [-0.25, -0.2) is 4.79 Å². The molecule has 1 N–H and O–H groups in total. The Balaban J connectivity index is 1.48. The molecule has 4 rings (SSSR count). The van der Waals surface area contributed by atoms with Crippen LogP contribution in [0.1, 0.15) is 85.0 Å². The van der Waals surface area contributed by atoms with Crippen molar-refractivity contribution in [3.63, 3.8) is 0 Å². The quantitative estimate of drug-likeness (QED) is 0.421. The summed E-state index contributed by atoms with van der Waals surface area (Å²) < 4.78 is 2.33. The van der Waals surface area contributed by atoms with Crippen LogP contribution in [0.3, 0.4) is 0 Å². The Hall–Kier alpha value is -2.62. The van der Waals surface area contributed by atoms with Crippen LogP contribution < -0.4 is 0 Å². The molecule has 1 aliphatic rings. The molecular weight excluding hydrogens is 360 g/mol. The number of aryl methyl sites for hydroxylation is 1.